The minimum Gasteiger partial charge on any atom is -0.478 e. The van der Waals surface area contributed by atoms with E-state index >= 15 is 0 Å². The quantitative estimate of drug-likeness (QED) is 0.837. The summed E-state index contributed by atoms with van der Waals surface area (Å²) in [6.45, 7) is 2.56. The van der Waals surface area contributed by atoms with E-state index in [1.54, 1.807) is 19.1 Å². The van der Waals surface area contributed by atoms with Crippen molar-refractivity contribution in [3.63, 3.8) is 0 Å². The summed E-state index contributed by atoms with van der Waals surface area (Å²) in [7, 11) is 0. The number of aliphatic hydroxyl groups excluding tert-OH is 1. The zero-order chi connectivity index (χ0) is 12.4. The van der Waals surface area contributed by atoms with E-state index in [1.807, 2.05) is 17.0 Å². The Morgan fingerprint density at radius 2 is 2.18 bits per heavy atom. The topological polar surface area (TPSA) is 60.8 Å². The fraction of sp³-hybridized carbons (Fsp3) is 0.462. The molecule has 4 nitrogen and oxygen atoms in total. The molecule has 0 spiro atoms. The summed E-state index contributed by atoms with van der Waals surface area (Å²) in [6, 6.07) is 6.99. The van der Waals surface area contributed by atoms with Crippen molar-refractivity contribution in [2.45, 2.75) is 31.9 Å². The molecule has 1 aromatic rings. The molecule has 1 aromatic carbocycles. The Bertz CT molecular complexity index is 417. The van der Waals surface area contributed by atoms with Crippen LogP contribution in [0.5, 0.6) is 0 Å². The third kappa shape index (κ3) is 2.26. The molecular formula is C13H17NO3. The van der Waals surface area contributed by atoms with Crippen molar-refractivity contribution < 1.29 is 15.0 Å². The molecule has 0 unspecified atom stereocenters. The molecule has 2 atom stereocenters. The van der Waals surface area contributed by atoms with Crippen LogP contribution in [0, 0.1) is 0 Å². The van der Waals surface area contributed by atoms with E-state index in [0.717, 1.165) is 19.4 Å². The van der Waals surface area contributed by atoms with E-state index in [1.165, 1.54) is 0 Å². The van der Waals surface area contributed by atoms with Crippen molar-refractivity contribution >= 4 is 11.7 Å². The predicted octanol–water partition coefficient (Wildman–Crippen LogP) is 1.73. The van der Waals surface area contributed by atoms with E-state index in [9.17, 15) is 9.90 Å². The lowest BCUT2D eigenvalue weighted by molar-refractivity contribution is 0.0697. The number of carboxylic acids is 1. The van der Waals surface area contributed by atoms with E-state index in [-0.39, 0.29) is 6.04 Å². The lowest BCUT2D eigenvalue weighted by atomic mass is 10.1. The molecular weight excluding hydrogens is 218 g/mol. The number of para-hydroxylation sites is 1. The summed E-state index contributed by atoms with van der Waals surface area (Å²) < 4.78 is 0. The molecule has 92 valence electrons. The number of aliphatic hydroxyl groups is 1. The first kappa shape index (κ1) is 11.9. The summed E-state index contributed by atoms with van der Waals surface area (Å²) in [5, 5.41) is 18.9. The van der Waals surface area contributed by atoms with Gasteiger partial charge in [-0.1, -0.05) is 12.1 Å². The van der Waals surface area contributed by atoms with Gasteiger partial charge in [-0.05, 0) is 31.9 Å². The highest BCUT2D eigenvalue weighted by Crippen LogP contribution is 2.30. The molecule has 0 radical (unpaired) electrons. The van der Waals surface area contributed by atoms with Gasteiger partial charge in [-0.25, -0.2) is 4.79 Å². The highest BCUT2D eigenvalue weighted by molar-refractivity contribution is 5.94. The van der Waals surface area contributed by atoms with E-state index in [0.29, 0.717) is 11.3 Å². The van der Waals surface area contributed by atoms with E-state index in [2.05, 4.69) is 0 Å². The van der Waals surface area contributed by atoms with E-state index in [4.69, 9.17) is 5.11 Å². The maximum Gasteiger partial charge on any atom is 0.337 e. The Hall–Kier alpha value is -1.55. The molecule has 0 bridgehead atoms. The minimum atomic E-state index is -0.920. The van der Waals surface area contributed by atoms with Crippen LogP contribution in [-0.2, 0) is 0 Å². The van der Waals surface area contributed by atoms with Gasteiger partial charge in [0.25, 0.3) is 0 Å². The SMILES string of the molecule is C[C@H](O)[C@H]1CCCN1c1ccccc1C(=O)O. The van der Waals surface area contributed by atoms with Crippen molar-refractivity contribution in [2.75, 3.05) is 11.4 Å². The second-order valence-corrected chi connectivity index (χ2v) is 4.47. The Balaban J connectivity index is 2.36. The monoisotopic (exact) mass is 235 g/mol. The zero-order valence-corrected chi connectivity index (χ0v) is 9.84. The van der Waals surface area contributed by atoms with Gasteiger partial charge in [0.15, 0.2) is 0 Å². The number of carboxylic acid groups (broad SMARTS) is 1. The molecule has 0 aromatic heterocycles. The van der Waals surface area contributed by atoms with Crippen molar-refractivity contribution in [3.8, 4) is 0 Å². The number of hydrogen-bond donors (Lipinski definition) is 2. The second-order valence-electron chi connectivity index (χ2n) is 4.47. The fourth-order valence-corrected chi connectivity index (χ4v) is 2.50. The average Bonchev–Trinajstić information content (AvgIpc) is 2.77. The fourth-order valence-electron chi connectivity index (χ4n) is 2.50. The van der Waals surface area contributed by atoms with Crippen molar-refractivity contribution in [1.82, 2.24) is 0 Å². The molecule has 0 saturated carbocycles. The van der Waals surface area contributed by atoms with Gasteiger partial charge in [0.1, 0.15) is 0 Å². The van der Waals surface area contributed by atoms with Gasteiger partial charge in [-0.2, -0.15) is 0 Å². The largest absolute Gasteiger partial charge is 0.478 e. The first-order valence-corrected chi connectivity index (χ1v) is 5.88. The average molecular weight is 235 g/mol. The lowest BCUT2D eigenvalue weighted by Crippen LogP contribution is -2.38. The van der Waals surface area contributed by atoms with Crippen molar-refractivity contribution in [3.05, 3.63) is 29.8 Å². The Morgan fingerprint density at radius 3 is 2.82 bits per heavy atom. The number of nitrogens with zero attached hydrogens (tertiary/aromatic N) is 1. The Labute approximate surface area is 100 Å². The third-order valence-corrected chi connectivity index (χ3v) is 3.30. The normalized spacial score (nSPS) is 21.5. The number of anilines is 1. The first-order valence-electron chi connectivity index (χ1n) is 5.88. The zero-order valence-electron chi connectivity index (χ0n) is 9.84. The van der Waals surface area contributed by atoms with Gasteiger partial charge in [-0.3, -0.25) is 0 Å². The molecule has 1 heterocycles. The maximum absolute atomic E-state index is 11.2. The molecule has 4 heteroatoms. The minimum absolute atomic E-state index is 0.0236. The number of aromatic carboxylic acids is 1. The summed E-state index contributed by atoms with van der Waals surface area (Å²) in [6.07, 6.45) is 1.45. The smallest absolute Gasteiger partial charge is 0.337 e. The van der Waals surface area contributed by atoms with Crippen LogP contribution in [-0.4, -0.2) is 34.9 Å². The molecule has 0 amide bonds. The van der Waals surface area contributed by atoms with Gasteiger partial charge in [-0.15, -0.1) is 0 Å². The molecule has 0 aliphatic carbocycles. The molecule has 1 aliphatic rings. The molecule has 1 fully saturated rings. The molecule has 1 aliphatic heterocycles. The molecule has 17 heavy (non-hydrogen) atoms. The van der Waals surface area contributed by atoms with Crippen LogP contribution in [0.2, 0.25) is 0 Å². The van der Waals surface area contributed by atoms with Crippen LogP contribution in [0.3, 0.4) is 0 Å². The summed E-state index contributed by atoms with van der Waals surface area (Å²) >= 11 is 0. The highest BCUT2D eigenvalue weighted by atomic mass is 16.4. The number of benzene rings is 1. The van der Waals surface area contributed by atoms with Gasteiger partial charge in [0.2, 0.25) is 0 Å². The highest BCUT2D eigenvalue weighted by Gasteiger charge is 2.30. The van der Waals surface area contributed by atoms with Gasteiger partial charge in [0.05, 0.1) is 23.4 Å². The summed E-state index contributed by atoms with van der Waals surface area (Å²) in [4.78, 5) is 13.2. The van der Waals surface area contributed by atoms with Gasteiger partial charge >= 0.3 is 5.97 Å². The number of rotatable bonds is 3. The van der Waals surface area contributed by atoms with Crippen LogP contribution in [0.15, 0.2) is 24.3 Å². The maximum atomic E-state index is 11.2. The second kappa shape index (κ2) is 4.75. The van der Waals surface area contributed by atoms with Crippen molar-refractivity contribution in [2.24, 2.45) is 0 Å². The van der Waals surface area contributed by atoms with Gasteiger partial charge in [0, 0.05) is 6.54 Å². The van der Waals surface area contributed by atoms with Crippen molar-refractivity contribution in [1.29, 1.82) is 0 Å². The third-order valence-electron chi connectivity index (χ3n) is 3.30. The predicted molar refractivity (Wildman–Crippen MR) is 65.5 cm³/mol. The standard InChI is InChI=1S/C13H17NO3/c1-9(15)11-7-4-8-14(11)12-6-3-2-5-10(12)13(16)17/h2-3,5-6,9,11,15H,4,7-8H2,1H3,(H,16,17)/t9-,11+/m0/s1. The summed E-state index contributed by atoms with van der Waals surface area (Å²) in [5.74, 6) is -0.920. The van der Waals surface area contributed by atoms with Crippen LogP contribution >= 0.6 is 0 Å². The van der Waals surface area contributed by atoms with Crippen LogP contribution in [0.4, 0.5) is 5.69 Å². The number of hydrogen-bond acceptors (Lipinski definition) is 3. The van der Waals surface area contributed by atoms with Crippen LogP contribution < -0.4 is 4.90 Å². The molecule has 1 saturated heterocycles. The first-order chi connectivity index (χ1) is 8.11. The van der Waals surface area contributed by atoms with Crippen LogP contribution in [0.1, 0.15) is 30.1 Å². The van der Waals surface area contributed by atoms with Gasteiger partial charge < -0.3 is 15.1 Å². The Kier molecular flexibility index (Phi) is 3.33. The lowest BCUT2D eigenvalue weighted by Gasteiger charge is -2.29. The summed E-state index contributed by atoms with van der Waals surface area (Å²) in [5.41, 5.74) is 1.02. The van der Waals surface area contributed by atoms with E-state index < -0.39 is 12.1 Å². The Morgan fingerprint density at radius 1 is 1.47 bits per heavy atom. The van der Waals surface area contributed by atoms with Crippen LogP contribution in [0.25, 0.3) is 0 Å². The molecule has 2 N–H and O–H groups in total. The molecule has 2 rings (SSSR count). The number of carbonyl (C=O) groups is 1.